The number of carbonyl (C=O) groups is 2. The fourth-order valence-electron chi connectivity index (χ4n) is 3.19. The number of benzene rings is 1. The van der Waals surface area contributed by atoms with Crippen LogP contribution in [0.25, 0.3) is 0 Å². The number of amides is 1. The molecule has 0 spiro atoms. The molecule has 3 rings (SSSR count). The largest absolute Gasteiger partial charge is 0.465 e. The summed E-state index contributed by atoms with van der Waals surface area (Å²) in [5, 5.41) is 3.24. The van der Waals surface area contributed by atoms with E-state index in [1.807, 2.05) is 0 Å². The van der Waals surface area contributed by atoms with E-state index in [1.54, 1.807) is 6.07 Å². The van der Waals surface area contributed by atoms with Crippen LogP contribution in [0.5, 0.6) is 0 Å². The molecule has 8 heteroatoms. The summed E-state index contributed by atoms with van der Waals surface area (Å²) in [4.78, 5) is 26.2. The van der Waals surface area contributed by atoms with Crippen LogP contribution in [0.2, 0.25) is 0 Å². The van der Waals surface area contributed by atoms with Gasteiger partial charge in [0, 0.05) is 16.7 Å². The lowest BCUT2D eigenvalue weighted by molar-refractivity contribution is 0.0601. The summed E-state index contributed by atoms with van der Waals surface area (Å²) in [5.74, 6) is -0.920. The fraction of sp³-hybridized carbons (Fsp3) is 0.368. The second-order valence-corrected chi connectivity index (χ2v) is 9.64. The summed E-state index contributed by atoms with van der Waals surface area (Å²) in [6.07, 6.45) is 5.92. The molecule has 0 aliphatic heterocycles. The molecular weight excluding hydrogens is 386 g/mol. The smallest absolute Gasteiger partial charge is 0.341 e. The van der Waals surface area contributed by atoms with Crippen LogP contribution in [0.3, 0.4) is 0 Å². The van der Waals surface area contributed by atoms with Crippen LogP contribution in [0, 0.1) is 0 Å². The molecule has 6 nitrogen and oxygen atoms in total. The minimum atomic E-state index is -3.42. The fourth-order valence-corrected chi connectivity index (χ4v) is 5.13. The van der Waals surface area contributed by atoms with Crippen LogP contribution < -0.4 is 5.32 Å². The Bertz CT molecular complexity index is 992. The Morgan fingerprint density at radius 2 is 1.89 bits per heavy atom. The number of hydrogen-bond donors (Lipinski definition) is 1. The lowest BCUT2D eigenvalue weighted by atomic mass is 10.1. The van der Waals surface area contributed by atoms with Gasteiger partial charge in [-0.05, 0) is 49.4 Å². The molecule has 1 aliphatic carbocycles. The lowest BCUT2D eigenvalue weighted by Crippen LogP contribution is -2.15. The number of aryl methyl sites for hydroxylation is 1. The van der Waals surface area contributed by atoms with Crippen molar-refractivity contribution in [3.05, 3.63) is 45.8 Å². The molecule has 1 N–H and O–H groups in total. The second-order valence-electron chi connectivity index (χ2n) is 6.51. The summed E-state index contributed by atoms with van der Waals surface area (Å²) >= 11 is 1.40. The number of sulfone groups is 1. The Balaban J connectivity index is 1.96. The predicted octanol–water partition coefficient (Wildman–Crippen LogP) is 3.46. The average Bonchev–Trinajstić information content (AvgIpc) is 2.81. The van der Waals surface area contributed by atoms with Crippen LogP contribution in [0.1, 0.15) is 50.4 Å². The number of methoxy groups -OCH3 is 1. The highest BCUT2D eigenvalue weighted by molar-refractivity contribution is 7.90. The van der Waals surface area contributed by atoms with Gasteiger partial charge in [0.05, 0.1) is 17.6 Å². The van der Waals surface area contributed by atoms with Crippen LogP contribution in [-0.2, 0) is 27.4 Å². The number of nitrogens with one attached hydrogen (secondary N) is 1. The normalized spacial score (nSPS) is 14.1. The van der Waals surface area contributed by atoms with Crippen LogP contribution in [-0.4, -0.2) is 33.7 Å². The van der Waals surface area contributed by atoms with E-state index in [2.05, 4.69) is 5.32 Å². The minimum Gasteiger partial charge on any atom is -0.465 e. The molecule has 1 aromatic heterocycles. The molecule has 144 valence electrons. The monoisotopic (exact) mass is 407 g/mol. The van der Waals surface area contributed by atoms with Crippen LogP contribution in [0.15, 0.2) is 29.2 Å². The third-order valence-electron chi connectivity index (χ3n) is 4.56. The van der Waals surface area contributed by atoms with Crippen molar-refractivity contribution < 1.29 is 22.7 Å². The Hall–Kier alpha value is -2.19. The Morgan fingerprint density at radius 3 is 2.59 bits per heavy atom. The summed E-state index contributed by atoms with van der Waals surface area (Å²) in [6, 6.07) is 5.84. The number of anilines is 1. The number of fused-ring (bicyclic) bond motifs is 1. The highest BCUT2D eigenvalue weighted by Crippen LogP contribution is 2.38. The third kappa shape index (κ3) is 4.22. The molecule has 0 fully saturated rings. The Labute approximate surface area is 162 Å². The molecule has 0 saturated heterocycles. The van der Waals surface area contributed by atoms with Crippen molar-refractivity contribution >= 4 is 38.1 Å². The van der Waals surface area contributed by atoms with Gasteiger partial charge in [-0.1, -0.05) is 12.5 Å². The number of carbonyl (C=O) groups excluding carboxylic acids is 2. The summed E-state index contributed by atoms with van der Waals surface area (Å²) in [6.45, 7) is 0. The lowest BCUT2D eigenvalue weighted by Gasteiger charge is -2.08. The summed E-state index contributed by atoms with van der Waals surface area (Å²) in [7, 11) is -2.09. The molecule has 0 unspecified atom stereocenters. The number of ether oxygens (including phenoxy) is 1. The summed E-state index contributed by atoms with van der Waals surface area (Å²) < 4.78 is 28.4. The quantitative estimate of drug-likeness (QED) is 0.619. The number of thiophene rings is 1. The molecule has 2 aromatic rings. The molecule has 0 atom stereocenters. The molecule has 1 heterocycles. The Kier molecular flexibility index (Phi) is 5.67. The van der Waals surface area contributed by atoms with Crippen LogP contribution >= 0.6 is 11.3 Å². The Morgan fingerprint density at radius 1 is 1.15 bits per heavy atom. The van der Waals surface area contributed by atoms with Crippen molar-refractivity contribution in [2.75, 3.05) is 18.7 Å². The first kappa shape index (κ1) is 19.6. The predicted molar refractivity (Wildman–Crippen MR) is 104 cm³/mol. The van der Waals surface area contributed by atoms with Crippen molar-refractivity contribution in [2.45, 2.75) is 37.0 Å². The number of hydrogen-bond acceptors (Lipinski definition) is 6. The van der Waals surface area contributed by atoms with Crippen LogP contribution in [0.4, 0.5) is 5.00 Å². The van der Waals surface area contributed by atoms with Gasteiger partial charge in [0.2, 0.25) is 0 Å². The van der Waals surface area contributed by atoms with Gasteiger partial charge in [-0.25, -0.2) is 13.2 Å². The second kappa shape index (κ2) is 7.82. The zero-order valence-electron chi connectivity index (χ0n) is 15.2. The van der Waals surface area contributed by atoms with Gasteiger partial charge in [0.25, 0.3) is 5.91 Å². The maximum atomic E-state index is 12.7. The van der Waals surface area contributed by atoms with E-state index < -0.39 is 21.7 Å². The van der Waals surface area contributed by atoms with Gasteiger partial charge in [-0.3, -0.25) is 4.79 Å². The van der Waals surface area contributed by atoms with Crippen molar-refractivity contribution in [3.8, 4) is 0 Å². The van der Waals surface area contributed by atoms with Gasteiger partial charge < -0.3 is 10.1 Å². The molecule has 1 aliphatic rings. The maximum Gasteiger partial charge on any atom is 0.341 e. The molecule has 0 radical (unpaired) electrons. The minimum absolute atomic E-state index is 0.0744. The zero-order valence-corrected chi connectivity index (χ0v) is 16.8. The number of esters is 1. The highest BCUT2D eigenvalue weighted by atomic mass is 32.2. The van der Waals surface area contributed by atoms with E-state index in [1.165, 1.54) is 36.6 Å². The van der Waals surface area contributed by atoms with Gasteiger partial charge >= 0.3 is 5.97 Å². The topological polar surface area (TPSA) is 89.5 Å². The van der Waals surface area contributed by atoms with Gasteiger partial charge in [-0.2, -0.15) is 0 Å². The van der Waals surface area contributed by atoms with E-state index >= 15 is 0 Å². The molecule has 1 amide bonds. The molecular formula is C19H21NO5S2. The van der Waals surface area contributed by atoms with Crippen molar-refractivity contribution in [1.29, 1.82) is 0 Å². The molecule has 1 aromatic carbocycles. The molecule has 0 bridgehead atoms. The van der Waals surface area contributed by atoms with Crippen molar-refractivity contribution in [1.82, 2.24) is 0 Å². The van der Waals surface area contributed by atoms with Crippen molar-refractivity contribution in [2.24, 2.45) is 0 Å². The standard InChI is InChI=1S/C19H21NO5S2/c1-25-19(22)16-14-9-4-3-5-10-15(14)26-18(16)20-17(21)12-7-6-8-13(11-12)27(2,23)24/h6-8,11H,3-5,9-10H2,1-2H3,(H,20,21). The first-order valence-corrected chi connectivity index (χ1v) is 11.4. The maximum absolute atomic E-state index is 12.7. The first-order chi connectivity index (χ1) is 12.8. The van der Waals surface area contributed by atoms with E-state index in [9.17, 15) is 18.0 Å². The van der Waals surface area contributed by atoms with Gasteiger partial charge in [-0.15, -0.1) is 11.3 Å². The number of rotatable bonds is 4. The summed E-state index contributed by atoms with van der Waals surface area (Å²) in [5.41, 5.74) is 1.61. The SMILES string of the molecule is COC(=O)c1c(NC(=O)c2cccc(S(C)(=O)=O)c2)sc2c1CCCCC2. The van der Waals surface area contributed by atoms with E-state index in [0.29, 0.717) is 10.6 Å². The first-order valence-electron chi connectivity index (χ1n) is 8.65. The third-order valence-corrected chi connectivity index (χ3v) is 6.88. The average molecular weight is 408 g/mol. The zero-order chi connectivity index (χ0) is 19.6. The molecule has 0 saturated carbocycles. The van der Waals surface area contributed by atoms with Gasteiger partial charge in [0.1, 0.15) is 5.00 Å². The van der Waals surface area contributed by atoms with E-state index in [0.717, 1.165) is 48.8 Å². The van der Waals surface area contributed by atoms with Crippen molar-refractivity contribution in [3.63, 3.8) is 0 Å². The van der Waals surface area contributed by atoms with Gasteiger partial charge in [0.15, 0.2) is 9.84 Å². The van der Waals surface area contributed by atoms with E-state index in [-0.39, 0.29) is 10.5 Å². The van der Waals surface area contributed by atoms with E-state index in [4.69, 9.17) is 4.74 Å². The highest BCUT2D eigenvalue weighted by Gasteiger charge is 2.26. The molecule has 27 heavy (non-hydrogen) atoms.